The Bertz CT molecular complexity index is 4880. The summed E-state index contributed by atoms with van der Waals surface area (Å²) in [5, 5.41) is 9.54. The largest absolute Gasteiger partial charge is 0.309 e. The molecule has 360 valence electrons. The molecular weight excluding hydrogens is 945 g/mol. The second-order valence-electron chi connectivity index (χ2n) is 20.7. The summed E-state index contributed by atoms with van der Waals surface area (Å²) in [6, 6.07) is 93.8. The molecule has 14 aromatic rings. The van der Waals surface area contributed by atoms with Crippen molar-refractivity contribution >= 4 is 72.4 Å². The third-order valence-corrected chi connectivity index (χ3v) is 21.7. The van der Waals surface area contributed by atoms with Gasteiger partial charge in [0.1, 0.15) is 0 Å². The Kier molecular flexibility index (Phi) is 8.73. The molecule has 3 aliphatic rings. The highest BCUT2D eigenvalue weighted by Crippen LogP contribution is 2.57. The molecule has 2 bridgehead atoms. The highest BCUT2D eigenvalue weighted by molar-refractivity contribution is 7.20. The minimum absolute atomic E-state index is 0.0517. The Morgan fingerprint density at radius 1 is 0.312 bits per heavy atom. The van der Waals surface area contributed by atoms with Crippen LogP contribution in [-0.2, 0) is 0 Å². The van der Waals surface area contributed by atoms with Crippen molar-refractivity contribution in [2.24, 2.45) is 0 Å². The molecule has 2 atom stereocenters. The maximum absolute atomic E-state index is 9.15. The Labute approximate surface area is 456 Å². The number of rotatable bonds is 8. The first-order valence-corrected chi connectivity index (χ1v) is 28.6. The van der Waals surface area contributed by atoms with E-state index in [2.05, 4.69) is 258 Å². The quantitative estimate of drug-likeness (QED) is 0.106. The normalized spacial score (nSPS) is 15.4. The third kappa shape index (κ3) is 6.42. The van der Waals surface area contributed by atoms with E-state index in [4.69, 9.17) is 6.85 Å². The van der Waals surface area contributed by atoms with Gasteiger partial charge in [0, 0.05) is 39.1 Å². The van der Waals surface area contributed by atoms with Crippen molar-refractivity contribution in [1.82, 2.24) is 9.13 Å². The van der Waals surface area contributed by atoms with E-state index in [0.717, 1.165) is 33.2 Å². The summed E-state index contributed by atoms with van der Waals surface area (Å²) >= 11 is 0. The Morgan fingerprint density at radius 2 is 0.792 bits per heavy atom. The predicted molar refractivity (Wildman–Crippen MR) is 324 cm³/mol. The van der Waals surface area contributed by atoms with Gasteiger partial charge in [0.25, 0.3) is 0 Å². The SMILES string of the molecule is [2H]c1c([2H])c([2H])c(-c2cccc([Si](c3ccccc3)(c3ccccc3)c3cccc4c3C3c5ccccc5C4c4cccc(-n5c6ccccc6c6cc(-c7ccc8c(c7)c7ccccc7n8-c7ccccc7)ccc65)c43)c2)c([2H])c1[2H]. The van der Waals surface area contributed by atoms with Crippen LogP contribution in [0.1, 0.15) is 52.1 Å². The first-order chi connectivity index (χ1) is 40.3. The van der Waals surface area contributed by atoms with Gasteiger partial charge in [-0.2, -0.15) is 0 Å². The summed E-state index contributed by atoms with van der Waals surface area (Å²) in [5.74, 6) is -0.216. The number of fused-ring (bicyclic) bond motifs is 6. The van der Waals surface area contributed by atoms with Gasteiger partial charge in [0.05, 0.1) is 34.6 Å². The number of para-hydroxylation sites is 3. The van der Waals surface area contributed by atoms with Crippen LogP contribution in [0.15, 0.2) is 291 Å². The van der Waals surface area contributed by atoms with E-state index < -0.39 is 14.1 Å². The standard InChI is InChI=1S/C74H50N2Si/c1-5-22-49(23-6-1)50-24-19-31-56(46-50)77(54-27-9-3-10-28-54,55-29-11-4-12-30-55)70-41-21-37-62-71-59-34-13-14-35-60(59)74(73(62)70)72-61(71)36-20-40-69(72)76-66-39-18-16-33-58(66)64-48-52(43-45-68(64)76)51-42-44-67-63(47-51)57-32-15-17-38-65(57)75(67)53-25-7-2-8-26-53/h1-48,71,74H/i1D,5D,6D,22D,23D. The van der Waals surface area contributed by atoms with Gasteiger partial charge < -0.3 is 9.13 Å². The lowest BCUT2D eigenvalue weighted by Gasteiger charge is -2.47. The summed E-state index contributed by atoms with van der Waals surface area (Å²) in [4.78, 5) is 0. The van der Waals surface area contributed by atoms with Crippen LogP contribution >= 0.6 is 0 Å². The summed E-state index contributed by atoms with van der Waals surface area (Å²) in [6.45, 7) is 0. The van der Waals surface area contributed by atoms with Gasteiger partial charge in [-0.1, -0.05) is 236 Å². The van der Waals surface area contributed by atoms with E-state index in [1.807, 2.05) is 12.1 Å². The smallest absolute Gasteiger partial charge is 0.179 e. The van der Waals surface area contributed by atoms with E-state index in [9.17, 15) is 0 Å². The number of aromatic nitrogens is 2. The maximum Gasteiger partial charge on any atom is 0.179 e. The highest BCUT2D eigenvalue weighted by Gasteiger charge is 2.50. The van der Waals surface area contributed by atoms with Crippen LogP contribution in [0, 0.1) is 0 Å². The number of hydrogen-bond acceptors (Lipinski definition) is 0. The summed E-state index contributed by atoms with van der Waals surface area (Å²) in [5.41, 5.74) is 17.9. The summed E-state index contributed by atoms with van der Waals surface area (Å²) < 4.78 is 49.1. The molecule has 17 rings (SSSR count). The second kappa shape index (κ2) is 17.3. The molecule has 77 heavy (non-hydrogen) atoms. The fraction of sp³-hybridized carbons (Fsp3) is 0.0270. The summed E-state index contributed by atoms with van der Waals surface area (Å²) in [6.07, 6.45) is 0. The molecule has 2 unspecified atom stereocenters. The molecule has 0 aliphatic heterocycles. The van der Waals surface area contributed by atoms with Crippen LogP contribution in [0.3, 0.4) is 0 Å². The van der Waals surface area contributed by atoms with Crippen molar-refractivity contribution < 1.29 is 6.85 Å². The van der Waals surface area contributed by atoms with Gasteiger partial charge in [0.2, 0.25) is 0 Å². The first-order valence-electron chi connectivity index (χ1n) is 29.1. The fourth-order valence-corrected chi connectivity index (χ4v) is 19.0. The van der Waals surface area contributed by atoms with Crippen LogP contribution in [0.2, 0.25) is 0 Å². The molecule has 0 radical (unpaired) electrons. The van der Waals surface area contributed by atoms with Crippen molar-refractivity contribution in [1.29, 1.82) is 0 Å². The van der Waals surface area contributed by atoms with Crippen LogP contribution < -0.4 is 20.7 Å². The van der Waals surface area contributed by atoms with E-state index in [-0.39, 0.29) is 41.6 Å². The average Bonchev–Trinajstić information content (AvgIpc) is 1.08. The van der Waals surface area contributed by atoms with Gasteiger partial charge in [-0.15, -0.1) is 0 Å². The van der Waals surface area contributed by atoms with Gasteiger partial charge in [-0.3, -0.25) is 0 Å². The van der Waals surface area contributed by atoms with Crippen molar-refractivity contribution in [2.75, 3.05) is 0 Å². The minimum atomic E-state index is -3.42. The monoisotopic (exact) mass is 999 g/mol. The van der Waals surface area contributed by atoms with E-state index in [0.29, 0.717) is 5.56 Å². The first kappa shape index (κ1) is 39.0. The van der Waals surface area contributed by atoms with E-state index >= 15 is 0 Å². The Balaban J connectivity index is 0.929. The molecular formula is C74H50N2Si. The van der Waals surface area contributed by atoms with E-state index in [1.54, 1.807) is 0 Å². The molecule has 0 fully saturated rings. The van der Waals surface area contributed by atoms with Crippen LogP contribution in [0.25, 0.3) is 77.2 Å². The second-order valence-corrected chi connectivity index (χ2v) is 24.4. The lowest BCUT2D eigenvalue weighted by molar-refractivity contribution is 0.752. The van der Waals surface area contributed by atoms with Crippen molar-refractivity contribution in [3.63, 3.8) is 0 Å². The Morgan fingerprint density at radius 3 is 1.45 bits per heavy atom. The van der Waals surface area contributed by atoms with Gasteiger partial charge >= 0.3 is 0 Å². The molecule has 3 heteroatoms. The van der Waals surface area contributed by atoms with Gasteiger partial charge in [-0.25, -0.2) is 0 Å². The van der Waals surface area contributed by atoms with E-state index in [1.165, 1.54) is 87.1 Å². The molecule has 12 aromatic carbocycles. The number of nitrogens with zero attached hydrogens (tertiary/aromatic N) is 2. The van der Waals surface area contributed by atoms with Crippen molar-refractivity contribution in [2.45, 2.75) is 11.8 Å². The molecule has 2 aromatic heterocycles. The zero-order valence-electron chi connectivity index (χ0n) is 46.9. The molecule has 0 saturated heterocycles. The molecule has 0 saturated carbocycles. The minimum Gasteiger partial charge on any atom is -0.309 e. The fourth-order valence-electron chi connectivity index (χ4n) is 13.9. The summed E-state index contributed by atoms with van der Waals surface area (Å²) in [7, 11) is -3.42. The maximum atomic E-state index is 9.15. The molecule has 3 aliphatic carbocycles. The molecule has 0 N–H and O–H groups in total. The number of benzene rings is 12. The molecule has 2 heterocycles. The number of hydrogen-bond donors (Lipinski definition) is 0. The zero-order chi connectivity index (χ0) is 55.0. The van der Waals surface area contributed by atoms with Gasteiger partial charge in [0.15, 0.2) is 8.07 Å². The third-order valence-electron chi connectivity index (χ3n) is 16.9. The van der Waals surface area contributed by atoms with Crippen LogP contribution in [0.4, 0.5) is 0 Å². The lowest BCUT2D eigenvalue weighted by atomic mass is 9.60. The molecule has 0 spiro atoms. The highest BCUT2D eigenvalue weighted by atomic mass is 28.3. The van der Waals surface area contributed by atoms with Crippen LogP contribution in [0.5, 0.6) is 0 Å². The topological polar surface area (TPSA) is 9.86 Å². The predicted octanol–water partition coefficient (Wildman–Crippen LogP) is 15.6. The molecule has 2 nitrogen and oxygen atoms in total. The lowest BCUT2D eigenvalue weighted by Crippen LogP contribution is -2.75. The Hall–Kier alpha value is -9.54. The van der Waals surface area contributed by atoms with Gasteiger partial charge in [-0.05, 0) is 131 Å². The zero-order valence-corrected chi connectivity index (χ0v) is 42.9. The molecule has 0 amide bonds. The van der Waals surface area contributed by atoms with Crippen LogP contribution in [-0.4, -0.2) is 17.2 Å². The average molecular weight is 1000 g/mol. The van der Waals surface area contributed by atoms with Crippen molar-refractivity contribution in [3.05, 3.63) is 324 Å². The van der Waals surface area contributed by atoms with Crippen molar-refractivity contribution in [3.8, 4) is 33.6 Å².